The average Bonchev–Trinajstić information content (AvgIpc) is 2.71. The van der Waals surface area contributed by atoms with Crippen LogP contribution in [-0.2, 0) is 14.8 Å². The maximum Gasteiger partial charge on any atom is 0.243 e. The standard InChI is InChI=1S/C11H14F2N2O3S/c1-6-8(4-5-18-6)15-19(16,17)9-3-2-7(12)11(14)10(9)13/h2-3,6,8,15H,4-5,14H2,1H3. The Morgan fingerprint density at radius 3 is 2.68 bits per heavy atom. The predicted molar refractivity (Wildman–Crippen MR) is 64.9 cm³/mol. The van der Waals surface area contributed by atoms with E-state index in [2.05, 4.69) is 4.72 Å². The van der Waals surface area contributed by atoms with Gasteiger partial charge in [-0.05, 0) is 25.5 Å². The number of anilines is 1. The molecule has 1 fully saturated rings. The second-order valence-corrected chi connectivity index (χ2v) is 6.05. The van der Waals surface area contributed by atoms with E-state index in [1.54, 1.807) is 6.92 Å². The van der Waals surface area contributed by atoms with E-state index in [9.17, 15) is 17.2 Å². The Kier molecular flexibility index (Phi) is 3.75. The van der Waals surface area contributed by atoms with Crippen LogP contribution in [-0.4, -0.2) is 27.2 Å². The maximum absolute atomic E-state index is 13.7. The third-order valence-electron chi connectivity index (χ3n) is 3.06. The fourth-order valence-corrected chi connectivity index (χ4v) is 3.33. The van der Waals surface area contributed by atoms with Gasteiger partial charge in [-0.3, -0.25) is 0 Å². The molecule has 1 heterocycles. The van der Waals surface area contributed by atoms with Gasteiger partial charge in [0.05, 0.1) is 12.1 Å². The number of halogens is 2. The van der Waals surface area contributed by atoms with Crippen molar-refractivity contribution in [3.8, 4) is 0 Å². The highest BCUT2D eigenvalue weighted by atomic mass is 32.2. The van der Waals surface area contributed by atoms with Crippen molar-refractivity contribution >= 4 is 15.7 Å². The van der Waals surface area contributed by atoms with Crippen LogP contribution in [0, 0.1) is 11.6 Å². The first-order valence-electron chi connectivity index (χ1n) is 5.70. The maximum atomic E-state index is 13.7. The summed E-state index contributed by atoms with van der Waals surface area (Å²) in [6, 6.07) is 1.24. The molecule has 1 saturated heterocycles. The van der Waals surface area contributed by atoms with Gasteiger partial charge in [0.25, 0.3) is 0 Å². The number of sulfonamides is 1. The van der Waals surface area contributed by atoms with Crippen LogP contribution < -0.4 is 10.5 Å². The van der Waals surface area contributed by atoms with Crippen molar-refractivity contribution in [2.75, 3.05) is 12.3 Å². The number of rotatable bonds is 3. The number of nitrogens with two attached hydrogens (primary N) is 1. The second kappa shape index (κ2) is 5.03. The molecule has 1 aromatic carbocycles. The topological polar surface area (TPSA) is 81.4 Å². The molecule has 0 amide bonds. The summed E-state index contributed by atoms with van der Waals surface area (Å²) in [5, 5.41) is 0. The van der Waals surface area contributed by atoms with Gasteiger partial charge in [0.2, 0.25) is 10.0 Å². The van der Waals surface area contributed by atoms with Crippen molar-refractivity contribution in [1.82, 2.24) is 4.72 Å². The molecule has 1 aliphatic heterocycles. The van der Waals surface area contributed by atoms with E-state index in [-0.39, 0.29) is 6.10 Å². The van der Waals surface area contributed by atoms with Crippen LogP contribution in [0.3, 0.4) is 0 Å². The lowest BCUT2D eigenvalue weighted by Crippen LogP contribution is -2.39. The molecule has 0 saturated carbocycles. The van der Waals surface area contributed by atoms with Gasteiger partial charge in [-0.1, -0.05) is 0 Å². The molecule has 2 unspecified atom stereocenters. The quantitative estimate of drug-likeness (QED) is 0.814. The summed E-state index contributed by atoms with van der Waals surface area (Å²) in [7, 11) is -4.10. The molecule has 2 atom stereocenters. The first-order valence-corrected chi connectivity index (χ1v) is 7.18. The van der Waals surface area contributed by atoms with Crippen LogP contribution in [0.25, 0.3) is 0 Å². The molecule has 0 bridgehead atoms. The minimum absolute atomic E-state index is 0.296. The Morgan fingerprint density at radius 1 is 1.42 bits per heavy atom. The summed E-state index contributed by atoms with van der Waals surface area (Å²) >= 11 is 0. The number of ether oxygens (including phenoxy) is 1. The molecular formula is C11H14F2N2O3S. The molecule has 2 rings (SSSR count). The van der Waals surface area contributed by atoms with Crippen LogP contribution in [0.4, 0.5) is 14.5 Å². The molecule has 5 nitrogen and oxygen atoms in total. The summed E-state index contributed by atoms with van der Waals surface area (Å²) in [5.41, 5.74) is 4.34. The van der Waals surface area contributed by atoms with Crippen LogP contribution in [0.1, 0.15) is 13.3 Å². The Morgan fingerprint density at radius 2 is 2.11 bits per heavy atom. The van der Waals surface area contributed by atoms with Crippen molar-refractivity contribution in [3.05, 3.63) is 23.8 Å². The highest BCUT2D eigenvalue weighted by Crippen LogP contribution is 2.24. The van der Waals surface area contributed by atoms with Crippen LogP contribution in [0.15, 0.2) is 17.0 Å². The smallest absolute Gasteiger partial charge is 0.243 e. The number of hydrogen-bond donors (Lipinski definition) is 2. The van der Waals surface area contributed by atoms with Crippen molar-refractivity contribution < 1.29 is 21.9 Å². The third kappa shape index (κ3) is 2.70. The average molecular weight is 292 g/mol. The van der Waals surface area contributed by atoms with Crippen molar-refractivity contribution in [2.45, 2.75) is 30.4 Å². The van der Waals surface area contributed by atoms with E-state index in [1.165, 1.54) is 0 Å². The predicted octanol–water partition coefficient (Wildman–Crippen LogP) is 1.00. The van der Waals surface area contributed by atoms with E-state index in [1.807, 2.05) is 0 Å². The number of nitrogen functional groups attached to an aromatic ring is 1. The lowest BCUT2D eigenvalue weighted by atomic mass is 10.2. The lowest BCUT2D eigenvalue weighted by molar-refractivity contribution is 0.117. The molecule has 0 radical (unpaired) electrons. The van der Waals surface area contributed by atoms with E-state index in [0.29, 0.717) is 13.0 Å². The highest BCUT2D eigenvalue weighted by molar-refractivity contribution is 7.89. The van der Waals surface area contributed by atoms with Gasteiger partial charge in [0, 0.05) is 6.61 Å². The third-order valence-corrected chi connectivity index (χ3v) is 4.57. The zero-order valence-electron chi connectivity index (χ0n) is 10.2. The SMILES string of the molecule is CC1OCCC1NS(=O)(=O)c1ccc(F)c(N)c1F. The second-order valence-electron chi connectivity index (χ2n) is 4.37. The van der Waals surface area contributed by atoms with E-state index < -0.39 is 38.3 Å². The summed E-state index contributed by atoms with van der Waals surface area (Å²) in [4.78, 5) is -0.662. The van der Waals surface area contributed by atoms with E-state index in [0.717, 1.165) is 12.1 Å². The minimum Gasteiger partial charge on any atom is -0.394 e. The first-order chi connectivity index (χ1) is 8.83. The molecule has 106 valence electrons. The Labute approximate surface area is 109 Å². The van der Waals surface area contributed by atoms with Crippen LogP contribution in [0.2, 0.25) is 0 Å². The number of nitrogens with one attached hydrogen (secondary N) is 1. The van der Waals surface area contributed by atoms with Gasteiger partial charge in [-0.2, -0.15) is 0 Å². The molecule has 8 heteroatoms. The van der Waals surface area contributed by atoms with Gasteiger partial charge in [0.1, 0.15) is 16.4 Å². The van der Waals surface area contributed by atoms with E-state index in [4.69, 9.17) is 10.5 Å². The monoisotopic (exact) mass is 292 g/mol. The highest BCUT2D eigenvalue weighted by Gasteiger charge is 2.31. The molecule has 3 N–H and O–H groups in total. The minimum atomic E-state index is -4.10. The van der Waals surface area contributed by atoms with Crippen molar-refractivity contribution in [2.24, 2.45) is 0 Å². The van der Waals surface area contributed by atoms with Gasteiger partial charge in [0.15, 0.2) is 5.82 Å². The fraction of sp³-hybridized carbons (Fsp3) is 0.455. The van der Waals surface area contributed by atoms with Crippen LogP contribution >= 0.6 is 0 Å². The molecule has 1 aromatic rings. The normalized spacial score (nSPS) is 23.7. The number of hydrogen-bond acceptors (Lipinski definition) is 4. The molecular weight excluding hydrogens is 278 g/mol. The molecule has 0 aromatic heterocycles. The Bertz CT molecular complexity index is 592. The van der Waals surface area contributed by atoms with Crippen molar-refractivity contribution in [1.29, 1.82) is 0 Å². The van der Waals surface area contributed by atoms with Crippen LogP contribution in [0.5, 0.6) is 0 Å². The summed E-state index contributed by atoms with van der Waals surface area (Å²) in [6.07, 6.45) is 0.203. The van der Waals surface area contributed by atoms with Gasteiger partial charge >= 0.3 is 0 Å². The van der Waals surface area contributed by atoms with Gasteiger partial charge < -0.3 is 10.5 Å². The summed E-state index contributed by atoms with van der Waals surface area (Å²) in [6.45, 7) is 2.15. The Hall–Kier alpha value is -1.25. The number of benzene rings is 1. The summed E-state index contributed by atoms with van der Waals surface area (Å²) < 4.78 is 58.3. The molecule has 0 spiro atoms. The zero-order chi connectivity index (χ0) is 14.2. The van der Waals surface area contributed by atoms with Crippen molar-refractivity contribution in [3.63, 3.8) is 0 Å². The van der Waals surface area contributed by atoms with E-state index >= 15 is 0 Å². The summed E-state index contributed by atoms with van der Waals surface area (Å²) in [5.74, 6) is -2.27. The molecule has 0 aliphatic carbocycles. The molecule has 19 heavy (non-hydrogen) atoms. The Balaban J connectivity index is 2.32. The fourth-order valence-electron chi connectivity index (χ4n) is 1.91. The first kappa shape index (κ1) is 14.2. The van der Waals surface area contributed by atoms with Gasteiger partial charge in [-0.15, -0.1) is 0 Å². The zero-order valence-corrected chi connectivity index (χ0v) is 11.0. The van der Waals surface area contributed by atoms with Gasteiger partial charge in [-0.25, -0.2) is 21.9 Å². The lowest BCUT2D eigenvalue weighted by Gasteiger charge is -2.16. The molecule has 1 aliphatic rings. The largest absolute Gasteiger partial charge is 0.394 e.